The van der Waals surface area contributed by atoms with Crippen LogP contribution < -0.4 is 10.9 Å². The van der Waals surface area contributed by atoms with Gasteiger partial charge in [0.05, 0.1) is 23.5 Å². The molecule has 39 heavy (non-hydrogen) atoms. The van der Waals surface area contributed by atoms with Crippen LogP contribution >= 0.6 is 0 Å². The first kappa shape index (κ1) is 27.9. The number of alkyl halides is 2. The van der Waals surface area contributed by atoms with Crippen LogP contribution in [0.1, 0.15) is 50.1 Å². The maximum absolute atomic E-state index is 14.3. The third-order valence-electron chi connectivity index (χ3n) is 6.18. The van der Waals surface area contributed by atoms with E-state index < -0.39 is 58.8 Å². The summed E-state index contributed by atoms with van der Waals surface area (Å²) in [5, 5.41) is 2.26. The van der Waals surface area contributed by atoms with Gasteiger partial charge in [0, 0.05) is 30.5 Å². The van der Waals surface area contributed by atoms with E-state index in [1.165, 1.54) is 11.9 Å². The number of nitrogens with zero attached hydrogens (tertiary/aromatic N) is 2. The summed E-state index contributed by atoms with van der Waals surface area (Å²) in [7, 11) is 1.33. The van der Waals surface area contributed by atoms with Crippen molar-refractivity contribution in [2.75, 3.05) is 18.9 Å². The smallest absolute Gasteiger partial charge is 0.410 e. The fourth-order valence-electron chi connectivity index (χ4n) is 4.38. The molecule has 1 atom stereocenters. The third kappa shape index (κ3) is 5.66. The topological polar surface area (TPSA) is 94.7 Å². The minimum atomic E-state index is -3.12. The lowest BCUT2D eigenvalue weighted by molar-refractivity contribution is 0.0163. The molecule has 1 aromatic heterocycles. The normalized spacial score (nSPS) is 15.3. The molecule has 1 aliphatic heterocycles. The Bertz CT molecular complexity index is 1520. The number of aromatic amines is 1. The molecule has 2 heterocycles. The second kappa shape index (κ2) is 10.2. The van der Waals surface area contributed by atoms with Crippen molar-refractivity contribution >= 4 is 28.6 Å². The number of benzene rings is 2. The molecular formula is C26H25F5N4O4. The number of pyridine rings is 1. The fourth-order valence-corrected chi connectivity index (χ4v) is 4.38. The molecule has 1 unspecified atom stereocenters. The second-order valence-corrected chi connectivity index (χ2v) is 10.1. The van der Waals surface area contributed by atoms with Gasteiger partial charge >= 0.3 is 12.1 Å². The van der Waals surface area contributed by atoms with Gasteiger partial charge in [-0.2, -0.15) is 0 Å². The lowest BCUT2D eigenvalue weighted by Crippen LogP contribution is -2.48. The second-order valence-electron chi connectivity index (χ2n) is 10.1. The van der Waals surface area contributed by atoms with Crippen LogP contribution in [-0.2, 0) is 11.3 Å². The van der Waals surface area contributed by atoms with Crippen LogP contribution in [-0.4, -0.2) is 46.1 Å². The minimum absolute atomic E-state index is 0.0305. The van der Waals surface area contributed by atoms with Crippen molar-refractivity contribution in [2.45, 2.75) is 45.4 Å². The summed E-state index contributed by atoms with van der Waals surface area (Å²) in [5.74, 6) is -3.61. The number of hydrogen-bond donors (Lipinski definition) is 2. The van der Waals surface area contributed by atoms with Crippen molar-refractivity contribution in [1.82, 2.24) is 14.8 Å². The monoisotopic (exact) mass is 552 g/mol. The van der Waals surface area contributed by atoms with Crippen LogP contribution in [0.4, 0.5) is 37.2 Å². The summed E-state index contributed by atoms with van der Waals surface area (Å²) in [5.41, 5.74) is -2.20. The van der Waals surface area contributed by atoms with Crippen molar-refractivity contribution in [1.29, 1.82) is 0 Å². The van der Waals surface area contributed by atoms with E-state index >= 15 is 0 Å². The van der Waals surface area contributed by atoms with Gasteiger partial charge in [0.1, 0.15) is 11.4 Å². The molecule has 0 radical (unpaired) electrons. The van der Waals surface area contributed by atoms with Crippen LogP contribution in [0.5, 0.6) is 0 Å². The molecule has 0 bridgehead atoms. The van der Waals surface area contributed by atoms with E-state index in [1.807, 2.05) is 0 Å². The number of rotatable bonds is 3. The molecule has 0 aliphatic carbocycles. The van der Waals surface area contributed by atoms with Gasteiger partial charge in [-0.25, -0.2) is 31.5 Å². The zero-order chi connectivity index (χ0) is 28.8. The number of nitrogens with one attached hydrogen (secondary N) is 2. The number of amides is 3. The van der Waals surface area contributed by atoms with Gasteiger partial charge in [-0.05, 0) is 56.5 Å². The maximum Gasteiger partial charge on any atom is 0.410 e. The molecule has 4 rings (SSSR count). The molecule has 0 saturated carbocycles. The standard InChI is InChI=1S/C26H25F5N4O4/c1-26(2,3)39-25(38)35-10-19-21(13-8-17(28)18(29)9-14(13)23(36)33-19)20(11-35)34(4)24(37)32-12-5-6-16(27)15(7-12)22(30)31/h5-9,20,22H,10-11H2,1-4H3,(H,32,37)(H,33,36). The Labute approximate surface area is 219 Å². The summed E-state index contributed by atoms with van der Waals surface area (Å²) >= 11 is 0. The summed E-state index contributed by atoms with van der Waals surface area (Å²) in [4.78, 5) is 43.8. The third-order valence-corrected chi connectivity index (χ3v) is 6.18. The molecule has 2 N–H and O–H groups in total. The van der Waals surface area contributed by atoms with Crippen LogP contribution in [0.3, 0.4) is 0 Å². The molecule has 8 nitrogen and oxygen atoms in total. The Hall–Kier alpha value is -4.16. The van der Waals surface area contributed by atoms with E-state index in [9.17, 15) is 36.3 Å². The van der Waals surface area contributed by atoms with E-state index in [-0.39, 0.29) is 40.8 Å². The summed E-state index contributed by atoms with van der Waals surface area (Å²) in [6, 6.07) is 2.39. The average molecular weight is 553 g/mol. The number of aromatic nitrogens is 1. The highest BCUT2D eigenvalue weighted by Crippen LogP contribution is 2.36. The summed E-state index contributed by atoms with van der Waals surface area (Å²) < 4.78 is 73.7. The lowest BCUT2D eigenvalue weighted by Gasteiger charge is -2.39. The highest BCUT2D eigenvalue weighted by atomic mass is 19.3. The van der Waals surface area contributed by atoms with Gasteiger partial charge in [-0.15, -0.1) is 0 Å². The van der Waals surface area contributed by atoms with Crippen molar-refractivity contribution in [3.05, 3.63) is 75.0 Å². The molecule has 0 saturated heterocycles. The van der Waals surface area contributed by atoms with Gasteiger partial charge < -0.3 is 19.9 Å². The maximum atomic E-state index is 14.3. The fraction of sp³-hybridized carbons (Fsp3) is 0.346. The van der Waals surface area contributed by atoms with Gasteiger partial charge in [-0.3, -0.25) is 9.69 Å². The van der Waals surface area contributed by atoms with Crippen LogP contribution in [0.15, 0.2) is 35.1 Å². The Morgan fingerprint density at radius 1 is 1.08 bits per heavy atom. The average Bonchev–Trinajstić information content (AvgIpc) is 2.84. The highest BCUT2D eigenvalue weighted by molar-refractivity contribution is 5.91. The zero-order valence-corrected chi connectivity index (χ0v) is 21.4. The predicted octanol–water partition coefficient (Wildman–Crippen LogP) is 5.84. The van der Waals surface area contributed by atoms with Crippen LogP contribution in [0, 0.1) is 17.5 Å². The SMILES string of the molecule is CN(C(=O)Nc1ccc(F)c(C(F)F)c1)C1CN(C(=O)OC(C)(C)C)Cc2[nH]c(=O)c3cc(F)c(F)cc3c21. The van der Waals surface area contributed by atoms with E-state index in [0.29, 0.717) is 0 Å². The Morgan fingerprint density at radius 2 is 1.72 bits per heavy atom. The molecule has 0 fully saturated rings. The van der Waals surface area contributed by atoms with Crippen molar-refractivity contribution in [3.63, 3.8) is 0 Å². The number of ether oxygens (including phenoxy) is 1. The lowest BCUT2D eigenvalue weighted by atomic mass is 9.93. The van der Waals surface area contributed by atoms with Gasteiger partial charge in [0.2, 0.25) is 0 Å². The highest BCUT2D eigenvalue weighted by Gasteiger charge is 2.37. The molecule has 1 aliphatic rings. The number of likely N-dealkylation sites (N-methyl/N-ethyl adjacent to an activating group) is 1. The van der Waals surface area contributed by atoms with E-state index in [1.54, 1.807) is 20.8 Å². The quantitative estimate of drug-likeness (QED) is 0.400. The summed E-state index contributed by atoms with van der Waals surface area (Å²) in [6.07, 6.45) is -3.87. The first-order valence-corrected chi connectivity index (χ1v) is 11.8. The van der Waals surface area contributed by atoms with Crippen LogP contribution in [0.2, 0.25) is 0 Å². The predicted molar refractivity (Wildman–Crippen MR) is 132 cm³/mol. The number of H-pyrrole nitrogens is 1. The molecular weight excluding hydrogens is 527 g/mol. The zero-order valence-electron chi connectivity index (χ0n) is 21.4. The molecule has 3 amide bonds. The number of halogens is 5. The van der Waals surface area contributed by atoms with Crippen molar-refractivity contribution in [2.24, 2.45) is 0 Å². The van der Waals surface area contributed by atoms with E-state index in [0.717, 1.165) is 35.2 Å². The largest absolute Gasteiger partial charge is 0.444 e. The number of fused-ring (bicyclic) bond motifs is 3. The Morgan fingerprint density at radius 3 is 2.33 bits per heavy atom. The summed E-state index contributed by atoms with van der Waals surface area (Å²) in [6.45, 7) is 4.64. The first-order chi connectivity index (χ1) is 18.2. The van der Waals surface area contributed by atoms with E-state index in [2.05, 4.69) is 10.3 Å². The van der Waals surface area contributed by atoms with Crippen LogP contribution in [0.25, 0.3) is 10.8 Å². The molecule has 0 spiro atoms. The number of carbonyl (C=O) groups is 2. The minimum Gasteiger partial charge on any atom is -0.444 e. The number of anilines is 1. The van der Waals surface area contributed by atoms with Gasteiger partial charge in [-0.1, -0.05) is 0 Å². The van der Waals surface area contributed by atoms with Crippen molar-refractivity contribution < 1.29 is 36.3 Å². The molecule has 3 aromatic rings. The number of carbonyl (C=O) groups excluding carboxylic acids is 2. The van der Waals surface area contributed by atoms with Gasteiger partial charge in [0.25, 0.3) is 12.0 Å². The molecule has 208 valence electrons. The number of hydrogen-bond acceptors (Lipinski definition) is 4. The molecule has 2 aromatic carbocycles. The first-order valence-electron chi connectivity index (χ1n) is 11.8. The van der Waals surface area contributed by atoms with E-state index in [4.69, 9.17) is 4.74 Å². The Balaban J connectivity index is 1.78. The van der Waals surface area contributed by atoms with Crippen molar-refractivity contribution in [3.8, 4) is 0 Å². The molecule has 13 heteroatoms. The Kier molecular flexibility index (Phi) is 7.28. The van der Waals surface area contributed by atoms with Gasteiger partial charge in [0.15, 0.2) is 11.6 Å². The number of urea groups is 1.